The first-order chi connectivity index (χ1) is 13.8. The molecule has 11 heteroatoms. The Bertz CT molecular complexity index is 1020. The van der Waals surface area contributed by atoms with Gasteiger partial charge < -0.3 is 10.2 Å². The monoisotopic (exact) mass is 410 g/mol. The fraction of sp³-hybridized carbons (Fsp3) is 0.333. The van der Waals surface area contributed by atoms with Crippen LogP contribution in [0.25, 0.3) is 11.0 Å². The molecule has 1 fully saturated rings. The second-order valence-electron chi connectivity index (χ2n) is 6.61. The van der Waals surface area contributed by atoms with E-state index in [0.29, 0.717) is 11.0 Å². The van der Waals surface area contributed by atoms with Crippen LogP contribution in [-0.4, -0.2) is 39.5 Å². The van der Waals surface area contributed by atoms with Crippen molar-refractivity contribution < 1.29 is 22.0 Å². The average molecular weight is 410 g/mol. The Morgan fingerprint density at radius 1 is 1.07 bits per heavy atom. The van der Waals surface area contributed by atoms with Gasteiger partial charge in [-0.3, -0.25) is 4.98 Å². The Morgan fingerprint density at radius 2 is 1.79 bits per heavy atom. The van der Waals surface area contributed by atoms with E-state index in [0.717, 1.165) is 6.20 Å². The van der Waals surface area contributed by atoms with Crippen molar-refractivity contribution in [1.82, 2.24) is 19.9 Å². The molecule has 3 aromatic heterocycles. The predicted octanol–water partition coefficient (Wildman–Crippen LogP) is 3.75. The van der Waals surface area contributed by atoms with E-state index in [-0.39, 0.29) is 37.0 Å². The molecule has 1 aliphatic rings. The van der Waals surface area contributed by atoms with Gasteiger partial charge in [0.25, 0.3) is 0 Å². The van der Waals surface area contributed by atoms with Gasteiger partial charge in [-0.1, -0.05) is 6.07 Å². The van der Waals surface area contributed by atoms with Gasteiger partial charge >= 0.3 is 6.18 Å². The topological polar surface area (TPSA) is 66.8 Å². The molecule has 4 heterocycles. The number of nitrogens with zero attached hydrogens (tertiary/aromatic N) is 5. The van der Waals surface area contributed by atoms with Crippen molar-refractivity contribution in [3.8, 4) is 0 Å². The summed E-state index contributed by atoms with van der Waals surface area (Å²) in [6.45, 7) is 0.0370. The first kappa shape index (κ1) is 19.2. The Morgan fingerprint density at radius 3 is 2.52 bits per heavy atom. The number of pyridine rings is 2. The summed E-state index contributed by atoms with van der Waals surface area (Å²) >= 11 is 0. The SMILES string of the molecule is FC(F)C1CN(c2nc(NCc3cccnc3C(F)(F)F)c3cccnc3n2)C1. The summed E-state index contributed by atoms with van der Waals surface area (Å²) in [5.41, 5.74) is -0.701. The lowest BCUT2D eigenvalue weighted by Crippen LogP contribution is -2.50. The molecule has 4 rings (SSSR count). The molecule has 0 bridgehead atoms. The second kappa shape index (κ2) is 7.37. The number of hydrogen-bond acceptors (Lipinski definition) is 6. The van der Waals surface area contributed by atoms with Crippen molar-refractivity contribution in [3.63, 3.8) is 0 Å². The Hall–Kier alpha value is -3.11. The lowest BCUT2D eigenvalue weighted by atomic mass is 10.0. The summed E-state index contributed by atoms with van der Waals surface area (Å²) in [6, 6.07) is 6.08. The molecular weight excluding hydrogens is 395 g/mol. The molecular formula is C18H15F5N6. The van der Waals surface area contributed by atoms with E-state index >= 15 is 0 Å². The van der Waals surface area contributed by atoms with Gasteiger partial charge in [-0.2, -0.15) is 23.1 Å². The molecule has 0 aromatic carbocycles. The van der Waals surface area contributed by atoms with Gasteiger partial charge in [0.2, 0.25) is 12.4 Å². The lowest BCUT2D eigenvalue weighted by molar-refractivity contribution is -0.141. The van der Waals surface area contributed by atoms with E-state index in [4.69, 9.17) is 0 Å². The van der Waals surface area contributed by atoms with E-state index in [1.54, 1.807) is 17.0 Å². The number of fused-ring (bicyclic) bond motifs is 1. The predicted molar refractivity (Wildman–Crippen MR) is 95.6 cm³/mol. The zero-order chi connectivity index (χ0) is 20.6. The summed E-state index contributed by atoms with van der Waals surface area (Å²) in [5, 5.41) is 3.40. The van der Waals surface area contributed by atoms with Crippen molar-refractivity contribution in [3.05, 3.63) is 47.9 Å². The molecule has 0 spiro atoms. The normalized spacial score (nSPS) is 15.0. The molecule has 0 saturated carbocycles. The van der Waals surface area contributed by atoms with Gasteiger partial charge in [-0.05, 0) is 18.2 Å². The van der Waals surface area contributed by atoms with Crippen LogP contribution in [0.1, 0.15) is 11.3 Å². The largest absolute Gasteiger partial charge is 0.433 e. The van der Waals surface area contributed by atoms with Gasteiger partial charge in [0.1, 0.15) is 11.5 Å². The summed E-state index contributed by atoms with van der Waals surface area (Å²) in [4.78, 5) is 17.8. The maximum atomic E-state index is 13.2. The van der Waals surface area contributed by atoms with Crippen LogP contribution in [0, 0.1) is 5.92 Å². The van der Waals surface area contributed by atoms with Crippen LogP contribution in [0.3, 0.4) is 0 Å². The molecule has 3 aromatic rings. The summed E-state index contributed by atoms with van der Waals surface area (Å²) < 4.78 is 65.0. The number of alkyl halides is 5. The highest BCUT2D eigenvalue weighted by Crippen LogP contribution is 2.32. The Balaban J connectivity index is 1.62. The summed E-state index contributed by atoms with van der Waals surface area (Å²) in [7, 11) is 0. The van der Waals surface area contributed by atoms with Gasteiger partial charge in [-0.25, -0.2) is 13.8 Å². The number of anilines is 2. The van der Waals surface area contributed by atoms with Crippen LogP contribution in [-0.2, 0) is 12.7 Å². The number of nitrogens with one attached hydrogen (secondary N) is 1. The zero-order valence-corrected chi connectivity index (χ0v) is 14.9. The molecule has 0 aliphatic carbocycles. The van der Waals surface area contributed by atoms with Gasteiger partial charge in [0, 0.05) is 37.6 Å². The molecule has 0 unspecified atom stereocenters. The maximum absolute atomic E-state index is 13.2. The molecule has 1 aliphatic heterocycles. The minimum Gasteiger partial charge on any atom is -0.365 e. The zero-order valence-electron chi connectivity index (χ0n) is 14.9. The third kappa shape index (κ3) is 3.89. The van der Waals surface area contributed by atoms with Crippen molar-refractivity contribution in [2.45, 2.75) is 19.1 Å². The molecule has 6 nitrogen and oxygen atoms in total. The Kier molecular flexibility index (Phi) is 4.89. The minimum absolute atomic E-state index is 0.0427. The van der Waals surface area contributed by atoms with Crippen LogP contribution in [0.2, 0.25) is 0 Å². The smallest absolute Gasteiger partial charge is 0.365 e. The van der Waals surface area contributed by atoms with E-state index < -0.39 is 24.2 Å². The minimum atomic E-state index is -4.58. The van der Waals surface area contributed by atoms with Crippen LogP contribution < -0.4 is 10.2 Å². The molecule has 1 N–H and O–H groups in total. The Labute approximate surface area is 161 Å². The quantitative estimate of drug-likeness (QED) is 0.647. The summed E-state index contributed by atoms with van der Waals surface area (Å²) in [6.07, 6.45) is -4.41. The molecule has 0 atom stereocenters. The fourth-order valence-electron chi connectivity index (χ4n) is 3.08. The highest BCUT2D eigenvalue weighted by Gasteiger charge is 2.36. The van der Waals surface area contributed by atoms with Crippen molar-refractivity contribution in [1.29, 1.82) is 0 Å². The number of rotatable bonds is 5. The van der Waals surface area contributed by atoms with E-state index in [9.17, 15) is 22.0 Å². The van der Waals surface area contributed by atoms with Crippen LogP contribution in [0.5, 0.6) is 0 Å². The average Bonchev–Trinajstić information content (AvgIpc) is 2.64. The lowest BCUT2D eigenvalue weighted by Gasteiger charge is -2.38. The van der Waals surface area contributed by atoms with Crippen molar-refractivity contribution >= 4 is 22.8 Å². The second-order valence-corrected chi connectivity index (χ2v) is 6.61. The van der Waals surface area contributed by atoms with Gasteiger partial charge in [0.05, 0.1) is 11.3 Å². The molecule has 1 saturated heterocycles. The van der Waals surface area contributed by atoms with Crippen LogP contribution in [0.15, 0.2) is 36.7 Å². The molecule has 29 heavy (non-hydrogen) atoms. The highest BCUT2D eigenvalue weighted by molar-refractivity contribution is 5.87. The third-order valence-electron chi connectivity index (χ3n) is 4.61. The van der Waals surface area contributed by atoms with Crippen molar-refractivity contribution in [2.24, 2.45) is 5.92 Å². The number of hydrogen-bond donors (Lipinski definition) is 1. The highest BCUT2D eigenvalue weighted by atomic mass is 19.4. The molecule has 0 amide bonds. The first-order valence-electron chi connectivity index (χ1n) is 8.74. The van der Waals surface area contributed by atoms with Gasteiger partial charge in [0.15, 0.2) is 5.65 Å². The van der Waals surface area contributed by atoms with E-state index in [1.165, 1.54) is 18.3 Å². The van der Waals surface area contributed by atoms with Gasteiger partial charge in [-0.15, -0.1) is 0 Å². The van der Waals surface area contributed by atoms with Crippen LogP contribution >= 0.6 is 0 Å². The number of halogens is 5. The fourth-order valence-corrected chi connectivity index (χ4v) is 3.08. The van der Waals surface area contributed by atoms with E-state index in [1.807, 2.05) is 0 Å². The third-order valence-corrected chi connectivity index (χ3v) is 4.61. The van der Waals surface area contributed by atoms with Crippen LogP contribution in [0.4, 0.5) is 33.7 Å². The van der Waals surface area contributed by atoms with E-state index in [2.05, 4.69) is 25.3 Å². The summed E-state index contributed by atoms with van der Waals surface area (Å²) in [5.74, 6) is -0.271. The molecule has 0 radical (unpaired) electrons. The maximum Gasteiger partial charge on any atom is 0.433 e. The number of aromatic nitrogens is 4. The van der Waals surface area contributed by atoms with Crippen molar-refractivity contribution in [2.75, 3.05) is 23.3 Å². The molecule has 152 valence electrons. The first-order valence-corrected chi connectivity index (χ1v) is 8.74. The standard InChI is InChI=1S/C18H15F5N6/c19-14(20)11-8-29(9-11)17-27-15-12(4-2-6-25-15)16(28-17)26-7-10-3-1-5-24-13(10)18(21,22)23/h1-6,11,14H,7-9H2,(H,25,26,27,28).